The van der Waals surface area contributed by atoms with E-state index in [1.807, 2.05) is 5.32 Å². The van der Waals surface area contributed by atoms with Gasteiger partial charge in [-0.3, -0.25) is 0 Å². The predicted octanol–water partition coefficient (Wildman–Crippen LogP) is 2.21. The van der Waals surface area contributed by atoms with Gasteiger partial charge in [-0.2, -0.15) is 23.2 Å². The van der Waals surface area contributed by atoms with Crippen LogP contribution in [0.25, 0.3) is 0 Å². The van der Waals surface area contributed by atoms with Crippen molar-refractivity contribution in [1.29, 1.82) is 0 Å². The summed E-state index contributed by atoms with van der Waals surface area (Å²) in [7, 11) is 0. The highest BCUT2D eigenvalue weighted by Gasteiger charge is 2.70. The van der Waals surface area contributed by atoms with Crippen LogP contribution in [0.3, 0.4) is 0 Å². The van der Waals surface area contributed by atoms with Crippen LogP contribution in [0.15, 0.2) is 21.3 Å². The number of nitrogens with zero attached hydrogens (tertiary/aromatic N) is 4. The Balaban J connectivity index is 2.06. The van der Waals surface area contributed by atoms with Gasteiger partial charge in [0.1, 0.15) is 0 Å². The van der Waals surface area contributed by atoms with Gasteiger partial charge in [-0.1, -0.05) is 33.5 Å². The summed E-state index contributed by atoms with van der Waals surface area (Å²) in [4.78, 5) is 8.77. The van der Waals surface area contributed by atoms with Crippen LogP contribution in [0.2, 0.25) is 0 Å². The minimum absolute atomic E-state index is 0.144. The van der Waals surface area contributed by atoms with E-state index in [0.717, 1.165) is 12.3 Å². The highest BCUT2D eigenvalue weighted by atomic mass is 35.5. The highest BCUT2D eigenvalue weighted by molar-refractivity contribution is 6.28. The number of hydrogen-bond donors (Lipinski definition) is 1. The Bertz CT molecular complexity index is 680. The molecule has 0 spiro atoms. The Morgan fingerprint density at radius 3 is 2.55 bits per heavy atom. The van der Waals surface area contributed by atoms with Crippen molar-refractivity contribution in [3.63, 3.8) is 0 Å². The molecule has 0 radical (unpaired) electrons. The van der Waals surface area contributed by atoms with Gasteiger partial charge >= 0.3 is 11.4 Å². The lowest BCUT2D eigenvalue weighted by molar-refractivity contribution is -0.171. The van der Waals surface area contributed by atoms with Gasteiger partial charge in [0.15, 0.2) is 5.82 Å². The van der Waals surface area contributed by atoms with Gasteiger partial charge in [0.2, 0.25) is 0 Å². The molecule has 22 heavy (non-hydrogen) atoms. The number of halogens is 5. The second-order valence-electron chi connectivity index (χ2n) is 4.22. The average Bonchev–Trinajstić information content (AvgIpc) is 3.08. The van der Waals surface area contributed by atoms with Gasteiger partial charge in [0.25, 0.3) is 16.9 Å². The van der Waals surface area contributed by atoms with Crippen molar-refractivity contribution in [2.24, 2.45) is 0 Å². The number of aromatic nitrogens is 3. The molecule has 1 N–H and O–H groups in total. The average molecular weight is 360 g/mol. The Kier molecular flexibility index (Phi) is 3.29. The summed E-state index contributed by atoms with van der Waals surface area (Å²) in [5.74, 6) is -0.743. The molecule has 1 aliphatic heterocycles. The second kappa shape index (κ2) is 4.72. The first kappa shape index (κ1) is 15.3. The normalized spacial score (nSPS) is 29.3. The van der Waals surface area contributed by atoms with Crippen molar-refractivity contribution >= 4 is 29.1 Å². The van der Waals surface area contributed by atoms with Crippen LogP contribution in [-0.2, 0) is 10.0 Å². The van der Waals surface area contributed by atoms with E-state index in [1.165, 1.54) is 6.92 Å². The first-order valence-corrected chi connectivity index (χ1v) is 6.36. The third kappa shape index (κ3) is 2.20. The molecule has 3 rings (SSSR count). The quantitative estimate of drug-likeness (QED) is 0.644. The van der Waals surface area contributed by atoms with E-state index in [4.69, 9.17) is 32.6 Å². The molecule has 2 aromatic heterocycles. The summed E-state index contributed by atoms with van der Waals surface area (Å²) in [6.45, 7) is 1.45. The minimum Gasteiger partial charge on any atom is -0.336 e. The smallest absolute Gasteiger partial charge is 0.336 e. The maximum Gasteiger partial charge on any atom is 0.442 e. The molecule has 2 atom stereocenters. The topological polar surface area (TPSA) is 89.5 Å². The number of nitrogens with one attached hydrogen (secondary N) is 1. The second-order valence-corrected chi connectivity index (χ2v) is 5.30. The fourth-order valence-electron chi connectivity index (χ4n) is 1.69. The zero-order valence-electron chi connectivity index (χ0n) is 10.6. The summed E-state index contributed by atoms with van der Waals surface area (Å²) in [5, 5.41) is 3.21. The summed E-state index contributed by atoms with van der Waals surface area (Å²) < 4.78 is 49.4. The SMILES string of the molecule is Cc1noc(C2(Cl)NC(Cl)(C(F)(F)F)N(c3ccno3)O2)n1. The van der Waals surface area contributed by atoms with Gasteiger partial charge < -0.3 is 9.05 Å². The maximum absolute atomic E-state index is 13.3. The fourth-order valence-corrected chi connectivity index (χ4v) is 2.27. The molecule has 3 heterocycles. The molecule has 120 valence electrons. The molecule has 0 aromatic carbocycles. The van der Waals surface area contributed by atoms with Gasteiger partial charge in [-0.15, -0.1) is 0 Å². The molecule has 1 saturated heterocycles. The van der Waals surface area contributed by atoms with E-state index >= 15 is 0 Å². The predicted molar refractivity (Wildman–Crippen MR) is 64.4 cm³/mol. The Hall–Kier alpha value is -1.56. The Morgan fingerprint density at radius 2 is 2.05 bits per heavy atom. The monoisotopic (exact) mass is 359 g/mol. The lowest BCUT2D eigenvalue weighted by Crippen LogP contribution is -2.59. The van der Waals surface area contributed by atoms with Crippen LogP contribution in [-0.4, -0.2) is 26.6 Å². The summed E-state index contributed by atoms with van der Waals surface area (Å²) >= 11 is 11.6. The number of aryl methyl sites for hydroxylation is 1. The van der Waals surface area contributed by atoms with Crippen LogP contribution >= 0.6 is 23.2 Å². The van der Waals surface area contributed by atoms with Gasteiger partial charge in [0, 0.05) is 6.07 Å². The highest BCUT2D eigenvalue weighted by Crippen LogP contribution is 2.49. The van der Waals surface area contributed by atoms with Crippen molar-refractivity contribution in [2.45, 2.75) is 23.4 Å². The molecular formula is C9H6Cl2F3N5O3. The van der Waals surface area contributed by atoms with Gasteiger partial charge in [-0.25, -0.2) is 10.2 Å². The van der Waals surface area contributed by atoms with E-state index < -0.39 is 28.3 Å². The molecule has 1 fully saturated rings. The molecular weight excluding hydrogens is 354 g/mol. The first-order chi connectivity index (χ1) is 10.2. The van der Waals surface area contributed by atoms with Crippen molar-refractivity contribution in [3.05, 3.63) is 24.0 Å². The Labute approximate surface area is 130 Å². The summed E-state index contributed by atoms with van der Waals surface area (Å²) in [6, 6.07) is 1.10. The maximum atomic E-state index is 13.3. The zero-order valence-corrected chi connectivity index (χ0v) is 12.1. The van der Waals surface area contributed by atoms with E-state index in [1.54, 1.807) is 0 Å². The van der Waals surface area contributed by atoms with Crippen molar-refractivity contribution in [3.8, 4) is 0 Å². The third-order valence-electron chi connectivity index (χ3n) is 2.63. The van der Waals surface area contributed by atoms with Crippen LogP contribution in [0.1, 0.15) is 11.7 Å². The van der Waals surface area contributed by atoms with Crippen LogP contribution in [0, 0.1) is 6.92 Å². The van der Waals surface area contributed by atoms with Crippen LogP contribution in [0.5, 0.6) is 0 Å². The van der Waals surface area contributed by atoms with E-state index in [0.29, 0.717) is 0 Å². The number of rotatable bonds is 2. The van der Waals surface area contributed by atoms with Crippen LogP contribution in [0.4, 0.5) is 19.1 Å². The number of hydroxylamine groups is 1. The largest absolute Gasteiger partial charge is 0.442 e. The molecule has 0 aliphatic carbocycles. The van der Waals surface area contributed by atoms with Gasteiger partial charge in [-0.05, 0) is 6.92 Å². The van der Waals surface area contributed by atoms with E-state index in [-0.39, 0.29) is 10.9 Å². The van der Waals surface area contributed by atoms with E-state index in [9.17, 15) is 13.2 Å². The lowest BCUT2D eigenvalue weighted by Gasteiger charge is -2.29. The molecule has 0 amide bonds. The molecule has 8 nitrogen and oxygen atoms in total. The number of anilines is 1. The number of alkyl halides is 5. The molecule has 1 aliphatic rings. The Morgan fingerprint density at radius 1 is 1.32 bits per heavy atom. The van der Waals surface area contributed by atoms with Crippen LogP contribution < -0.4 is 10.4 Å². The standard InChI is InChI=1S/C9H6Cl2F3N5O3/c1-4-16-6(21-17-4)7(10)18-8(11,9(12,13)14)19(22-7)5-2-3-15-20-5/h2-3,18H,1H3. The third-order valence-corrected chi connectivity index (χ3v) is 3.41. The van der Waals surface area contributed by atoms with E-state index in [2.05, 4.69) is 19.8 Å². The molecule has 0 bridgehead atoms. The first-order valence-electron chi connectivity index (χ1n) is 5.60. The molecule has 2 aromatic rings. The van der Waals surface area contributed by atoms with Crippen molar-refractivity contribution in [1.82, 2.24) is 20.6 Å². The lowest BCUT2D eigenvalue weighted by atomic mass is 10.4. The molecule has 2 unspecified atom stereocenters. The zero-order chi connectivity index (χ0) is 16.2. The molecule has 13 heteroatoms. The fraction of sp³-hybridized carbons (Fsp3) is 0.444. The van der Waals surface area contributed by atoms with Crippen molar-refractivity contribution < 1.29 is 27.1 Å². The number of hydrogen-bond acceptors (Lipinski definition) is 8. The summed E-state index contributed by atoms with van der Waals surface area (Å²) in [6.07, 6.45) is -3.90. The summed E-state index contributed by atoms with van der Waals surface area (Å²) in [5.41, 5.74) is 0. The minimum atomic E-state index is -5.01. The van der Waals surface area contributed by atoms with Crippen molar-refractivity contribution in [2.75, 3.05) is 5.06 Å². The molecule has 0 saturated carbocycles. The van der Waals surface area contributed by atoms with Gasteiger partial charge in [0.05, 0.1) is 6.20 Å².